The summed E-state index contributed by atoms with van der Waals surface area (Å²) in [5, 5.41) is 7.98. The van der Waals surface area contributed by atoms with Gasteiger partial charge in [-0.25, -0.2) is 4.79 Å². The Bertz CT molecular complexity index is 1130. The summed E-state index contributed by atoms with van der Waals surface area (Å²) in [4.78, 5) is 18.0. The number of hydrogen-bond donors (Lipinski definition) is 3. The average molecular weight is 459 g/mol. The van der Waals surface area contributed by atoms with Crippen molar-refractivity contribution in [2.45, 2.75) is 44.8 Å². The van der Waals surface area contributed by atoms with Crippen LogP contribution in [-0.2, 0) is 6.18 Å². The average Bonchev–Trinajstić information content (AvgIpc) is 3.06. The summed E-state index contributed by atoms with van der Waals surface area (Å²) in [5.41, 5.74) is 0.883. The highest BCUT2D eigenvalue weighted by atomic mass is 19.4. The Morgan fingerprint density at radius 3 is 2.55 bits per heavy atom. The van der Waals surface area contributed by atoms with Gasteiger partial charge >= 0.3 is 12.2 Å². The van der Waals surface area contributed by atoms with Gasteiger partial charge in [-0.15, -0.1) is 0 Å². The van der Waals surface area contributed by atoms with Crippen LogP contribution < -0.4 is 21.2 Å². The van der Waals surface area contributed by atoms with E-state index in [1.165, 1.54) is 23.0 Å². The summed E-state index contributed by atoms with van der Waals surface area (Å²) in [6.45, 7) is 2.26. The van der Waals surface area contributed by atoms with Crippen LogP contribution in [0.2, 0.25) is 0 Å². The van der Waals surface area contributed by atoms with Gasteiger partial charge in [0.2, 0.25) is 0 Å². The summed E-state index contributed by atoms with van der Waals surface area (Å²) >= 11 is 0. The highest BCUT2D eigenvalue weighted by Gasteiger charge is 2.31. The minimum absolute atomic E-state index is 0.0105. The van der Waals surface area contributed by atoms with Crippen molar-refractivity contribution in [2.24, 2.45) is 11.8 Å². The van der Waals surface area contributed by atoms with Crippen molar-refractivity contribution < 1.29 is 18.0 Å². The van der Waals surface area contributed by atoms with Crippen LogP contribution in [0.25, 0.3) is 11.8 Å². The molecule has 0 bridgehead atoms. The van der Waals surface area contributed by atoms with E-state index in [0.717, 1.165) is 43.2 Å². The maximum atomic E-state index is 12.7. The first-order valence-electron chi connectivity index (χ1n) is 11.3. The molecule has 1 saturated carbocycles. The van der Waals surface area contributed by atoms with Gasteiger partial charge in [0, 0.05) is 53.4 Å². The van der Waals surface area contributed by atoms with Crippen LogP contribution in [0, 0.1) is 11.8 Å². The number of aromatic amines is 1. The maximum absolute atomic E-state index is 12.7. The Morgan fingerprint density at radius 2 is 1.82 bits per heavy atom. The fraction of sp³-hybridized carbons (Fsp3) is 0.400. The number of carbonyl (C=O) groups excluding carboxylic acids is 1. The molecule has 2 aliphatic rings. The smallest absolute Gasteiger partial charge is 0.361 e. The van der Waals surface area contributed by atoms with Crippen LogP contribution >= 0.6 is 0 Å². The van der Waals surface area contributed by atoms with Crippen LogP contribution in [-0.4, -0.2) is 29.0 Å². The molecule has 3 N–H and O–H groups in total. The Kier molecular flexibility index (Phi) is 6.54. The normalized spacial score (nSPS) is 23.2. The molecule has 1 aliphatic carbocycles. The lowest BCUT2D eigenvalue weighted by molar-refractivity contribution is -0.137. The number of amides is 2. The Labute approximate surface area is 191 Å². The molecule has 0 saturated heterocycles. The lowest BCUT2D eigenvalue weighted by Gasteiger charge is -2.30. The molecular weight excluding hydrogens is 429 g/mol. The number of urea groups is 1. The number of benzene rings is 1. The number of alkyl halides is 3. The summed E-state index contributed by atoms with van der Waals surface area (Å²) in [6.07, 6.45) is 7.37. The first-order chi connectivity index (χ1) is 15.7. The van der Waals surface area contributed by atoms with Crippen molar-refractivity contribution in [2.75, 3.05) is 12.4 Å². The van der Waals surface area contributed by atoms with Gasteiger partial charge in [-0.05, 0) is 74.1 Å². The molecule has 4 rings (SSSR count). The summed E-state index contributed by atoms with van der Waals surface area (Å²) in [7, 11) is 2.08. The van der Waals surface area contributed by atoms with Crippen molar-refractivity contribution in [3.63, 3.8) is 0 Å². The zero-order valence-electron chi connectivity index (χ0n) is 18.7. The second-order valence-corrected chi connectivity index (χ2v) is 8.92. The number of anilines is 1. The summed E-state index contributed by atoms with van der Waals surface area (Å²) in [5.74, 6) is 0.798. The van der Waals surface area contributed by atoms with Gasteiger partial charge in [0.1, 0.15) is 0 Å². The molecule has 0 radical (unpaired) electrons. The van der Waals surface area contributed by atoms with Crippen molar-refractivity contribution in [1.29, 1.82) is 0 Å². The van der Waals surface area contributed by atoms with Gasteiger partial charge in [-0.1, -0.05) is 6.92 Å². The van der Waals surface area contributed by atoms with E-state index in [4.69, 9.17) is 0 Å². The number of carbonyl (C=O) groups is 1. The van der Waals surface area contributed by atoms with E-state index < -0.39 is 17.8 Å². The number of halogens is 3. The Hall–Kier alpha value is -3.16. The molecule has 176 valence electrons. The van der Waals surface area contributed by atoms with Crippen molar-refractivity contribution in [1.82, 2.24) is 15.2 Å². The highest BCUT2D eigenvalue weighted by Crippen LogP contribution is 2.35. The molecule has 3 unspecified atom stereocenters. The quantitative estimate of drug-likeness (QED) is 0.598. The fourth-order valence-corrected chi connectivity index (χ4v) is 4.86. The third kappa shape index (κ3) is 5.26. The molecule has 3 atom stereocenters. The SMILES string of the molecule is CC1CCC(NC(=O)Nc2ccc(C(F)(F)F)cc2)CCC1C1=c2cc[nH]c2=CC=CN1C. The Morgan fingerprint density at radius 1 is 1.09 bits per heavy atom. The number of aromatic nitrogens is 1. The van der Waals surface area contributed by atoms with Crippen molar-refractivity contribution in [3.05, 3.63) is 64.9 Å². The summed E-state index contributed by atoms with van der Waals surface area (Å²) < 4.78 is 38.2. The number of nitrogens with zero attached hydrogens (tertiary/aromatic N) is 1. The van der Waals surface area contributed by atoms with E-state index in [9.17, 15) is 18.0 Å². The van der Waals surface area contributed by atoms with E-state index in [0.29, 0.717) is 17.5 Å². The third-order valence-corrected chi connectivity index (χ3v) is 6.65. The number of H-pyrrole nitrogens is 1. The number of nitrogens with one attached hydrogen (secondary N) is 3. The van der Waals surface area contributed by atoms with Crippen LogP contribution in [0.1, 0.15) is 38.2 Å². The molecule has 1 fully saturated rings. The van der Waals surface area contributed by atoms with Crippen LogP contribution in [0.3, 0.4) is 0 Å². The van der Waals surface area contributed by atoms with E-state index in [-0.39, 0.29) is 6.04 Å². The lowest BCUT2D eigenvalue weighted by atomic mass is 9.85. The van der Waals surface area contributed by atoms with Gasteiger partial charge in [0.15, 0.2) is 0 Å². The van der Waals surface area contributed by atoms with Crippen LogP contribution in [0.4, 0.5) is 23.7 Å². The second kappa shape index (κ2) is 9.37. The predicted molar refractivity (Wildman–Crippen MR) is 123 cm³/mol. The zero-order chi connectivity index (χ0) is 23.6. The Balaban J connectivity index is 1.42. The topological polar surface area (TPSA) is 60.2 Å². The molecule has 1 aromatic heterocycles. The molecule has 5 nitrogen and oxygen atoms in total. The second-order valence-electron chi connectivity index (χ2n) is 8.92. The molecule has 2 aromatic rings. The largest absolute Gasteiger partial charge is 0.416 e. The number of fused-ring (bicyclic) bond motifs is 1. The molecule has 1 aromatic carbocycles. The molecule has 0 spiro atoms. The minimum atomic E-state index is -4.40. The lowest BCUT2D eigenvalue weighted by Crippen LogP contribution is -2.37. The van der Waals surface area contributed by atoms with Crippen molar-refractivity contribution in [3.8, 4) is 0 Å². The number of hydrogen-bond acceptors (Lipinski definition) is 2. The maximum Gasteiger partial charge on any atom is 0.416 e. The molecule has 33 heavy (non-hydrogen) atoms. The molecule has 8 heteroatoms. The first kappa shape index (κ1) is 23.0. The number of allylic oxidation sites excluding steroid dienone is 1. The molecule has 1 aliphatic heterocycles. The molecule has 2 amide bonds. The summed E-state index contributed by atoms with van der Waals surface area (Å²) in [6, 6.07) is 6.21. The first-order valence-corrected chi connectivity index (χ1v) is 11.3. The van der Waals surface area contributed by atoms with Gasteiger partial charge in [0.25, 0.3) is 0 Å². The van der Waals surface area contributed by atoms with Gasteiger partial charge in [-0.3, -0.25) is 0 Å². The molecule has 2 heterocycles. The van der Waals surface area contributed by atoms with Crippen LogP contribution in [0.15, 0.2) is 48.8 Å². The van der Waals surface area contributed by atoms with E-state index in [1.54, 1.807) is 0 Å². The minimum Gasteiger partial charge on any atom is -0.361 e. The fourth-order valence-electron chi connectivity index (χ4n) is 4.86. The van der Waals surface area contributed by atoms with E-state index in [2.05, 4.69) is 52.8 Å². The van der Waals surface area contributed by atoms with E-state index >= 15 is 0 Å². The zero-order valence-corrected chi connectivity index (χ0v) is 18.7. The van der Waals surface area contributed by atoms with Gasteiger partial charge in [-0.2, -0.15) is 13.2 Å². The monoisotopic (exact) mass is 458 g/mol. The van der Waals surface area contributed by atoms with E-state index in [1.807, 2.05) is 12.3 Å². The van der Waals surface area contributed by atoms with Gasteiger partial charge < -0.3 is 20.5 Å². The van der Waals surface area contributed by atoms with Crippen molar-refractivity contribution >= 4 is 23.5 Å². The highest BCUT2D eigenvalue weighted by molar-refractivity contribution is 5.89. The molecular formula is C25H29F3N4O. The van der Waals surface area contributed by atoms with Crippen LogP contribution in [0.5, 0.6) is 0 Å². The third-order valence-electron chi connectivity index (χ3n) is 6.65. The standard InChI is InChI=1S/C25H29F3N4O/c1-16-5-8-18(30-24(33)31-19-9-6-17(7-10-19)25(26,27)28)11-12-20(16)23-21-13-14-29-22(21)4-3-15-32(23)2/h3-4,6-7,9-10,13-16,18,20,29H,5,8,11-12H2,1-2H3,(H2,30,31,33). The predicted octanol–water partition coefficient (Wildman–Crippen LogP) is 4.40. The number of rotatable bonds is 3. The van der Waals surface area contributed by atoms with Gasteiger partial charge in [0.05, 0.1) is 5.56 Å².